The fourth-order valence-corrected chi connectivity index (χ4v) is 4.11. The Balaban J connectivity index is 2.38. The normalized spacial score (nSPS) is 54.9. The molecule has 0 bridgehead atoms. The summed E-state index contributed by atoms with van der Waals surface area (Å²) in [6, 6.07) is 0. The van der Waals surface area contributed by atoms with E-state index in [0.29, 0.717) is 0 Å². The highest BCUT2D eigenvalue weighted by molar-refractivity contribution is 7.57. The van der Waals surface area contributed by atoms with Crippen molar-refractivity contribution in [1.29, 1.82) is 0 Å². The molecular weight excluding hydrogens is 187 g/mol. The van der Waals surface area contributed by atoms with E-state index in [2.05, 4.69) is 6.58 Å². The molecule has 0 N–H and O–H groups in total. The van der Waals surface area contributed by atoms with Crippen LogP contribution in [0, 0.1) is 0 Å². The van der Waals surface area contributed by atoms with Gasteiger partial charge in [-0.2, -0.15) is 0 Å². The van der Waals surface area contributed by atoms with Crippen molar-refractivity contribution >= 4 is 7.60 Å². The van der Waals surface area contributed by atoms with Crippen molar-refractivity contribution in [2.24, 2.45) is 0 Å². The van der Waals surface area contributed by atoms with E-state index in [1.165, 1.54) is 5.82 Å². The highest BCUT2D eigenvalue weighted by atomic mass is 31.2. The predicted molar refractivity (Wildman–Crippen MR) is 50.6 cm³/mol. The highest BCUT2D eigenvalue weighted by Gasteiger charge is 2.61. The Hall–Kier alpha value is -0.110. The third kappa shape index (κ3) is 1.14. The fraction of sp³-hybridized carbons (Fsp3) is 0.778. The molecule has 1 aliphatic heterocycles. The average molecular weight is 202 g/mol. The van der Waals surface area contributed by atoms with Crippen molar-refractivity contribution in [3.63, 3.8) is 0 Å². The van der Waals surface area contributed by atoms with Crippen LogP contribution < -0.4 is 0 Å². The van der Waals surface area contributed by atoms with E-state index in [1.807, 2.05) is 13.8 Å². The number of hydrogen-bond donors (Lipinski definition) is 0. The van der Waals surface area contributed by atoms with Crippen molar-refractivity contribution in [3.8, 4) is 0 Å². The molecule has 0 aromatic heterocycles. The first-order valence-corrected chi connectivity index (χ1v) is 6.19. The van der Waals surface area contributed by atoms with Crippen LogP contribution in [-0.2, 0) is 13.6 Å². The summed E-state index contributed by atoms with van der Waals surface area (Å²) in [5.41, 5.74) is -0.757. The van der Waals surface area contributed by atoms with Gasteiger partial charge < -0.3 is 0 Å². The summed E-state index contributed by atoms with van der Waals surface area (Å²) in [7, 11) is -3.00. The maximum absolute atomic E-state index is 11.8. The van der Waals surface area contributed by atoms with E-state index in [-0.39, 0.29) is 11.2 Å². The quantitative estimate of drug-likeness (QED) is 0.613. The molecule has 1 aliphatic carbocycles. The lowest BCUT2D eigenvalue weighted by molar-refractivity contribution is 0.00578. The highest BCUT2D eigenvalue weighted by Crippen LogP contribution is 2.69. The van der Waals surface area contributed by atoms with Gasteiger partial charge in [0.25, 0.3) is 0 Å². The fourth-order valence-electron chi connectivity index (χ4n) is 2.23. The topological polar surface area (TPSA) is 35.5 Å². The Morgan fingerprint density at radius 3 is 2.15 bits per heavy atom. The van der Waals surface area contributed by atoms with Gasteiger partial charge in [0.05, 0.1) is 0 Å². The van der Waals surface area contributed by atoms with Crippen LogP contribution in [0.1, 0.15) is 33.1 Å². The third-order valence-corrected chi connectivity index (χ3v) is 5.07. The molecule has 0 aromatic carbocycles. The first-order chi connectivity index (χ1) is 5.93. The molecule has 0 radical (unpaired) electrons. The standard InChI is InChI=1S/C9H15O3P/c1-4-13(10)11-8(2)6-5-7-9(8,3)12-13/h4H,1,5-7H2,2-3H3. The Morgan fingerprint density at radius 2 is 1.77 bits per heavy atom. The third-order valence-electron chi connectivity index (χ3n) is 3.31. The maximum atomic E-state index is 11.8. The van der Waals surface area contributed by atoms with E-state index in [1.54, 1.807) is 0 Å². The first-order valence-electron chi connectivity index (χ1n) is 4.58. The summed E-state index contributed by atoms with van der Waals surface area (Å²) in [5.74, 6) is 1.31. The summed E-state index contributed by atoms with van der Waals surface area (Å²) < 4.78 is 22.9. The van der Waals surface area contributed by atoms with Crippen molar-refractivity contribution in [3.05, 3.63) is 12.4 Å². The zero-order chi connectivity index (χ0) is 9.74. The van der Waals surface area contributed by atoms with Crippen LogP contribution in [0.5, 0.6) is 0 Å². The molecule has 2 fully saturated rings. The summed E-state index contributed by atoms with van der Waals surface area (Å²) in [4.78, 5) is 0. The molecule has 13 heavy (non-hydrogen) atoms. The minimum Gasteiger partial charge on any atom is -0.296 e. The zero-order valence-corrected chi connectivity index (χ0v) is 8.97. The largest absolute Gasteiger partial charge is 0.354 e. The number of fused-ring (bicyclic) bond motifs is 1. The summed E-state index contributed by atoms with van der Waals surface area (Å²) >= 11 is 0. The van der Waals surface area contributed by atoms with Gasteiger partial charge >= 0.3 is 7.60 Å². The van der Waals surface area contributed by atoms with E-state index < -0.39 is 7.60 Å². The Morgan fingerprint density at radius 1 is 1.31 bits per heavy atom. The lowest BCUT2D eigenvalue weighted by Gasteiger charge is -2.28. The average Bonchev–Trinajstić information content (AvgIpc) is 2.36. The number of hydrogen-bond acceptors (Lipinski definition) is 3. The Bertz CT molecular complexity index is 279. The van der Waals surface area contributed by atoms with Gasteiger partial charge in [0, 0.05) is 5.82 Å². The molecule has 2 rings (SSSR count). The molecule has 1 heterocycles. The van der Waals surface area contributed by atoms with Crippen molar-refractivity contribution in [1.82, 2.24) is 0 Å². The molecule has 2 aliphatic rings. The monoisotopic (exact) mass is 202 g/mol. The van der Waals surface area contributed by atoms with Crippen LogP contribution in [0.25, 0.3) is 0 Å². The van der Waals surface area contributed by atoms with Gasteiger partial charge in [-0.3, -0.25) is 13.6 Å². The molecule has 1 saturated heterocycles. The smallest absolute Gasteiger partial charge is 0.296 e. The van der Waals surface area contributed by atoms with E-state index >= 15 is 0 Å². The summed E-state index contributed by atoms with van der Waals surface area (Å²) in [6.07, 6.45) is 2.91. The molecule has 2 unspecified atom stereocenters. The summed E-state index contributed by atoms with van der Waals surface area (Å²) in [6.45, 7) is 7.44. The molecule has 0 aromatic rings. The molecule has 4 heteroatoms. The second-order valence-electron chi connectivity index (χ2n) is 4.22. The molecule has 0 spiro atoms. The minimum atomic E-state index is -3.00. The molecule has 74 valence electrons. The second-order valence-corrected chi connectivity index (χ2v) is 6.03. The Labute approximate surface area is 78.6 Å². The van der Waals surface area contributed by atoms with Crippen LogP contribution in [0.3, 0.4) is 0 Å². The Kier molecular flexibility index (Phi) is 1.80. The van der Waals surface area contributed by atoms with Crippen LogP contribution in [-0.4, -0.2) is 11.2 Å². The van der Waals surface area contributed by atoms with Crippen molar-refractivity contribution < 1.29 is 13.6 Å². The van der Waals surface area contributed by atoms with Gasteiger partial charge in [0.15, 0.2) is 0 Å². The van der Waals surface area contributed by atoms with E-state index in [9.17, 15) is 4.57 Å². The first kappa shape index (κ1) is 9.45. The van der Waals surface area contributed by atoms with Gasteiger partial charge in [-0.25, -0.2) is 0 Å². The van der Waals surface area contributed by atoms with Crippen molar-refractivity contribution in [2.75, 3.05) is 0 Å². The summed E-state index contributed by atoms with van der Waals surface area (Å²) in [5, 5.41) is 0. The van der Waals surface area contributed by atoms with Crippen LogP contribution >= 0.6 is 7.60 Å². The molecule has 2 atom stereocenters. The van der Waals surface area contributed by atoms with Crippen LogP contribution in [0.15, 0.2) is 12.4 Å². The number of rotatable bonds is 1. The van der Waals surface area contributed by atoms with Gasteiger partial charge in [-0.15, -0.1) is 0 Å². The maximum Gasteiger partial charge on any atom is 0.354 e. The van der Waals surface area contributed by atoms with Crippen LogP contribution in [0.2, 0.25) is 0 Å². The van der Waals surface area contributed by atoms with Gasteiger partial charge in [0.1, 0.15) is 11.2 Å². The van der Waals surface area contributed by atoms with Gasteiger partial charge in [-0.1, -0.05) is 6.58 Å². The van der Waals surface area contributed by atoms with Crippen molar-refractivity contribution in [2.45, 2.75) is 44.3 Å². The predicted octanol–water partition coefficient (Wildman–Crippen LogP) is 3.07. The van der Waals surface area contributed by atoms with E-state index in [0.717, 1.165) is 19.3 Å². The zero-order valence-electron chi connectivity index (χ0n) is 8.08. The molecule has 1 saturated carbocycles. The molecular formula is C9H15O3P. The molecule has 3 nitrogen and oxygen atoms in total. The SMILES string of the molecule is C=CP1(=O)OC2(C)CCCC2(C)O1. The van der Waals surface area contributed by atoms with Gasteiger partial charge in [0.2, 0.25) is 0 Å². The lowest BCUT2D eigenvalue weighted by atomic mass is 9.90. The molecule has 0 amide bonds. The van der Waals surface area contributed by atoms with Crippen LogP contribution in [0.4, 0.5) is 0 Å². The van der Waals surface area contributed by atoms with Gasteiger partial charge in [-0.05, 0) is 33.1 Å². The lowest BCUT2D eigenvalue weighted by Crippen LogP contribution is -2.41. The second kappa shape index (κ2) is 2.47. The van der Waals surface area contributed by atoms with E-state index in [4.69, 9.17) is 9.05 Å². The minimum absolute atomic E-state index is 0.378.